The molecule has 1 aliphatic heterocycles. The van der Waals surface area contributed by atoms with Crippen molar-refractivity contribution in [2.75, 3.05) is 31.1 Å². The Balaban J connectivity index is 1.17. The summed E-state index contributed by atoms with van der Waals surface area (Å²) in [6, 6.07) is 13.2. The monoisotopic (exact) mass is 465 g/mol. The average molecular weight is 465 g/mol. The van der Waals surface area contributed by atoms with Gasteiger partial charge >= 0.3 is 0 Å². The number of anilines is 1. The Morgan fingerprint density at radius 2 is 1.71 bits per heavy atom. The minimum atomic E-state index is -0.727. The first kappa shape index (κ1) is 21.7. The van der Waals surface area contributed by atoms with Crippen LogP contribution in [0.25, 0.3) is 17.0 Å². The number of oxazole rings is 1. The van der Waals surface area contributed by atoms with E-state index in [0.29, 0.717) is 32.1 Å². The third kappa shape index (κ3) is 4.36. The van der Waals surface area contributed by atoms with Crippen LogP contribution in [0.15, 0.2) is 59.1 Å². The largest absolute Gasteiger partial charge is 0.441 e. The molecule has 11 heteroatoms. The van der Waals surface area contributed by atoms with Gasteiger partial charge in [-0.2, -0.15) is 4.68 Å². The number of aryl methyl sites for hydroxylation is 1. The Bertz CT molecular complexity index is 1260. The highest BCUT2D eigenvalue weighted by Gasteiger charge is 2.25. The minimum absolute atomic E-state index is 0.00259. The second-order valence-electron chi connectivity index (χ2n) is 7.81. The van der Waals surface area contributed by atoms with Gasteiger partial charge in [0.1, 0.15) is 11.6 Å². The Morgan fingerprint density at radius 1 is 0.971 bits per heavy atom. The van der Waals surface area contributed by atoms with E-state index in [1.165, 1.54) is 12.3 Å². The van der Waals surface area contributed by atoms with Crippen molar-refractivity contribution >= 4 is 11.9 Å². The number of rotatable bonds is 6. The van der Waals surface area contributed by atoms with Crippen molar-refractivity contribution in [2.45, 2.75) is 12.8 Å². The molecule has 174 valence electrons. The molecule has 2 aromatic heterocycles. The number of para-hydroxylation sites is 1. The van der Waals surface area contributed by atoms with E-state index in [1.807, 2.05) is 35.2 Å². The van der Waals surface area contributed by atoms with Gasteiger partial charge < -0.3 is 14.2 Å². The number of carbonyl (C=O) groups excluding carboxylic acids is 1. The van der Waals surface area contributed by atoms with Crippen LogP contribution in [0.1, 0.15) is 12.3 Å². The van der Waals surface area contributed by atoms with Crippen LogP contribution in [-0.2, 0) is 11.2 Å². The van der Waals surface area contributed by atoms with Crippen molar-refractivity contribution < 1.29 is 18.0 Å². The summed E-state index contributed by atoms with van der Waals surface area (Å²) < 4.78 is 35.1. The lowest BCUT2D eigenvalue weighted by Gasteiger charge is -2.34. The molecule has 0 aliphatic carbocycles. The van der Waals surface area contributed by atoms with Gasteiger partial charge in [0.2, 0.25) is 11.9 Å². The molecular weight excluding hydrogens is 444 g/mol. The molecule has 2 aromatic carbocycles. The number of amides is 1. The number of hydrogen-bond donors (Lipinski definition) is 0. The number of hydrogen-bond acceptors (Lipinski definition) is 7. The second-order valence-corrected chi connectivity index (χ2v) is 7.81. The number of nitrogens with zero attached hydrogens (tertiary/aromatic N) is 7. The molecule has 0 radical (unpaired) electrons. The Hall–Kier alpha value is -4.15. The lowest BCUT2D eigenvalue weighted by atomic mass is 10.1. The van der Waals surface area contributed by atoms with Crippen molar-refractivity contribution in [3.05, 3.63) is 72.3 Å². The van der Waals surface area contributed by atoms with Gasteiger partial charge in [-0.25, -0.2) is 13.8 Å². The van der Waals surface area contributed by atoms with Gasteiger partial charge in [0.05, 0.1) is 17.4 Å². The summed E-state index contributed by atoms with van der Waals surface area (Å²) in [5, 5.41) is 12.0. The van der Waals surface area contributed by atoms with Gasteiger partial charge in [0.25, 0.3) is 0 Å². The van der Waals surface area contributed by atoms with Crippen LogP contribution in [0.5, 0.6) is 0 Å². The summed E-state index contributed by atoms with van der Waals surface area (Å²) in [5.41, 5.74) is 0.600. The van der Waals surface area contributed by atoms with Gasteiger partial charge in [-0.1, -0.05) is 29.4 Å². The van der Waals surface area contributed by atoms with E-state index in [1.54, 1.807) is 9.58 Å². The molecule has 0 saturated carbocycles. The quantitative estimate of drug-likeness (QED) is 0.432. The van der Waals surface area contributed by atoms with Crippen LogP contribution in [0.2, 0.25) is 0 Å². The zero-order chi connectivity index (χ0) is 23.5. The maximum atomic E-state index is 14.0. The van der Waals surface area contributed by atoms with E-state index < -0.39 is 11.6 Å². The van der Waals surface area contributed by atoms with Gasteiger partial charge in [-0.3, -0.25) is 4.79 Å². The standard InChI is InChI=1S/C23H21F2N7O2/c24-17-7-4-8-18(25)22(17)19-15-26-20(34-19)9-10-21(33)30-11-13-31(14-12-30)23-27-28-29-32(23)16-5-2-1-3-6-16/h1-8,15H,9-14H2. The normalized spacial score (nSPS) is 13.9. The molecule has 1 amide bonds. The Labute approximate surface area is 193 Å². The third-order valence-corrected chi connectivity index (χ3v) is 5.68. The van der Waals surface area contributed by atoms with Crippen LogP contribution >= 0.6 is 0 Å². The van der Waals surface area contributed by atoms with Crippen LogP contribution in [0.4, 0.5) is 14.7 Å². The predicted octanol–water partition coefficient (Wildman–Crippen LogP) is 2.88. The molecule has 9 nitrogen and oxygen atoms in total. The third-order valence-electron chi connectivity index (χ3n) is 5.68. The zero-order valence-corrected chi connectivity index (χ0v) is 18.1. The molecule has 0 bridgehead atoms. The molecule has 0 spiro atoms. The molecule has 1 saturated heterocycles. The fourth-order valence-electron chi connectivity index (χ4n) is 3.92. The predicted molar refractivity (Wildman–Crippen MR) is 118 cm³/mol. The summed E-state index contributed by atoms with van der Waals surface area (Å²) in [6.45, 7) is 2.23. The van der Waals surface area contributed by atoms with Gasteiger partial charge in [0.15, 0.2) is 11.7 Å². The lowest BCUT2D eigenvalue weighted by molar-refractivity contribution is -0.131. The van der Waals surface area contributed by atoms with Crippen LogP contribution in [-0.4, -0.2) is 62.2 Å². The minimum Gasteiger partial charge on any atom is -0.441 e. The van der Waals surface area contributed by atoms with Gasteiger partial charge in [0, 0.05) is 39.0 Å². The van der Waals surface area contributed by atoms with Crippen LogP contribution in [0.3, 0.4) is 0 Å². The molecule has 0 atom stereocenters. The van der Waals surface area contributed by atoms with Crippen LogP contribution < -0.4 is 4.90 Å². The molecular formula is C23H21F2N7O2. The smallest absolute Gasteiger partial charge is 0.250 e. The number of benzene rings is 2. The second kappa shape index (κ2) is 9.38. The topological polar surface area (TPSA) is 93.2 Å². The molecule has 3 heterocycles. The Kier molecular flexibility index (Phi) is 5.98. The summed E-state index contributed by atoms with van der Waals surface area (Å²) >= 11 is 0. The fraction of sp³-hybridized carbons (Fsp3) is 0.261. The highest BCUT2D eigenvalue weighted by Crippen LogP contribution is 2.27. The van der Waals surface area contributed by atoms with E-state index in [9.17, 15) is 13.6 Å². The van der Waals surface area contributed by atoms with E-state index in [4.69, 9.17) is 4.42 Å². The van der Waals surface area contributed by atoms with Crippen molar-refractivity contribution in [1.29, 1.82) is 0 Å². The van der Waals surface area contributed by atoms with Gasteiger partial charge in [-0.05, 0) is 34.7 Å². The number of carbonyl (C=O) groups is 1. The Morgan fingerprint density at radius 3 is 2.44 bits per heavy atom. The van der Waals surface area contributed by atoms with Crippen molar-refractivity contribution in [3.63, 3.8) is 0 Å². The first-order chi connectivity index (χ1) is 16.6. The van der Waals surface area contributed by atoms with E-state index in [-0.39, 0.29) is 36.0 Å². The molecule has 1 fully saturated rings. The van der Waals surface area contributed by atoms with Crippen molar-refractivity contribution in [1.82, 2.24) is 30.1 Å². The number of halogens is 2. The molecule has 5 rings (SSSR count). The zero-order valence-electron chi connectivity index (χ0n) is 18.1. The molecule has 0 unspecified atom stereocenters. The number of tetrazole rings is 1. The average Bonchev–Trinajstić information content (AvgIpc) is 3.53. The van der Waals surface area contributed by atoms with Crippen LogP contribution in [0, 0.1) is 11.6 Å². The molecule has 0 N–H and O–H groups in total. The number of piperazine rings is 1. The molecule has 1 aliphatic rings. The first-order valence-corrected chi connectivity index (χ1v) is 10.9. The lowest BCUT2D eigenvalue weighted by Crippen LogP contribution is -2.49. The molecule has 4 aromatic rings. The highest BCUT2D eigenvalue weighted by molar-refractivity contribution is 5.76. The van der Waals surface area contributed by atoms with E-state index in [2.05, 4.69) is 20.5 Å². The SMILES string of the molecule is O=C(CCc1ncc(-c2c(F)cccc2F)o1)N1CCN(c2nnnn2-c2ccccc2)CC1. The summed E-state index contributed by atoms with van der Waals surface area (Å²) in [7, 11) is 0. The van der Waals surface area contributed by atoms with Crippen molar-refractivity contribution in [2.24, 2.45) is 0 Å². The summed E-state index contributed by atoms with van der Waals surface area (Å²) in [6.07, 6.45) is 1.69. The highest BCUT2D eigenvalue weighted by atomic mass is 19.1. The van der Waals surface area contributed by atoms with E-state index >= 15 is 0 Å². The summed E-state index contributed by atoms with van der Waals surface area (Å²) in [5.74, 6) is -0.607. The summed E-state index contributed by atoms with van der Waals surface area (Å²) in [4.78, 5) is 20.6. The van der Waals surface area contributed by atoms with E-state index in [0.717, 1.165) is 17.8 Å². The maximum Gasteiger partial charge on any atom is 0.250 e. The maximum absolute atomic E-state index is 14.0. The first-order valence-electron chi connectivity index (χ1n) is 10.9. The fourth-order valence-corrected chi connectivity index (χ4v) is 3.92. The molecule has 34 heavy (non-hydrogen) atoms. The van der Waals surface area contributed by atoms with Crippen molar-refractivity contribution in [3.8, 4) is 17.0 Å². The number of aromatic nitrogens is 5. The van der Waals surface area contributed by atoms with Gasteiger partial charge in [-0.15, -0.1) is 0 Å².